The minimum Gasteiger partial charge on any atom is -0.361 e. The molecule has 3 aromatic rings. The van der Waals surface area contributed by atoms with Gasteiger partial charge >= 0.3 is 0 Å². The van der Waals surface area contributed by atoms with Crippen LogP contribution in [0.2, 0.25) is 5.28 Å². The maximum absolute atomic E-state index is 12.9. The molecule has 0 radical (unpaired) electrons. The standard InChI is InChI=1S/C17H19ClN6O3S/c1-4-10(2)24-15-12(9-21-17(18)23-15)22-14(16(24)25)20-8-11-5-6-13(19-7-11)28(3,26)27/h5-7,9-10H,4,8H2,1-3H3,(H,20,22)/t10-/m0/s1. The number of rotatable bonds is 6. The predicted molar refractivity (Wildman–Crippen MR) is 106 cm³/mol. The lowest BCUT2D eigenvalue weighted by molar-refractivity contribution is 0.526. The van der Waals surface area contributed by atoms with Crippen LogP contribution in [-0.4, -0.2) is 39.2 Å². The molecule has 0 aliphatic rings. The van der Waals surface area contributed by atoms with Crippen molar-refractivity contribution in [3.63, 3.8) is 0 Å². The number of pyridine rings is 1. The number of sulfone groups is 1. The molecule has 0 bridgehead atoms. The van der Waals surface area contributed by atoms with E-state index in [-0.39, 0.29) is 34.3 Å². The zero-order valence-electron chi connectivity index (χ0n) is 15.5. The van der Waals surface area contributed by atoms with E-state index in [0.29, 0.717) is 16.7 Å². The van der Waals surface area contributed by atoms with Gasteiger partial charge in [-0.25, -0.2) is 23.4 Å². The first-order chi connectivity index (χ1) is 13.2. The first-order valence-electron chi connectivity index (χ1n) is 8.54. The number of aromatic nitrogens is 5. The molecule has 1 atom stereocenters. The van der Waals surface area contributed by atoms with Crippen molar-refractivity contribution >= 4 is 38.4 Å². The third-order valence-electron chi connectivity index (χ3n) is 4.27. The summed E-state index contributed by atoms with van der Waals surface area (Å²) >= 11 is 5.89. The number of halogens is 1. The second kappa shape index (κ2) is 7.80. The Morgan fingerprint density at radius 3 is 2.57 bits per heavy atom. The fourth-order valence-electron chi connectivity index (χ4n) is 2.61. The summed E-state index contributed by atoms with van der Waals surface area (Å²) in [4.78, 5) is 29.3. The molecule has 3 rings (SSSR count). The Morgan fingerprint density at radius 1 is 1.21 bits per heavy atom. The summed E-state index contributed by atoms with van der Waals surface area (Å²) in [5.74, 6) is 0.144. The zero-order chi connectivity index (χ0) is 20.5. The van der Waals surface area contributed by atoms with Gasteiger partial charge in [0.1, 0.15) is 5.52 Å². The molecule has 148 valence electrons. The summed E-state index contributed by atoms with van der Waals surface area (Å²) in [6.45, 7) is 4.13. The minimum atomic E-state index is -3.36. The van der Waals surface area contributed by atoms with Crippen molar-refractivity contribution in [2.75, 3.05) is 11.6 Å². The van der Waals surface area contributed by atoms with Gasteiger partial charge < -0.3 is 5.32 Å². The van der Waals surface area contributed by atoms with Gasteiger partial charge in [0.25, 0.3) is 5.56 Å². The van der Waals surface area contributed by atoms with Crippen LogP contribution in [-0.2, 0) is 16.4 Å². The third kappa shape index (κ3) is 4.12. The molecule has 0 amide bonds. The van der Waals surface area contributed by atoms with Gasteiger partial charge in [0.2, 0.25) is 5.28 Å². The van der Waals surface area contributed by atoms with Gasteiger partial charge in [-0.05, 0) is 36.6 Å². The molecule has 3 aromatic heterocycles. The fourth-order valence-corrected chi connectivity index (χ4v) is 3.30. The average molecular weight is 423 g/mol. The van der Waals surface area contributed by atoms with Gasteiger partial charge in [-0.3, -0.25) is 9.36 Å². The number of nitrogens with one attached hydrogen (secondary N) is 1. The Balaban J connectivity index is 1.96. The fraction of sp³-hybridized carbons (Fsp3) is 0.353. The number of fused-ring (bicyclic) bond motifs is 1. The van der Waals surface area contributed by atoms with Gasteiger partial charge in [0.05, 0.1) is 6.20 Å². The Morgan fingerprint density at radius 2 is 1.96 bits per heavy atom. The van der Waals surface area contributed by atoms with E-state index in [2.05, 4.69) is 25.3 Å². The molecule has 0 aliphatic carbocycles. The third-order valence-corrected chi connectivity index (χ3v) is 5.45. The van der Waals surface area contributed by atoms with E-state index in [1.54, 1.807) is 10.6 Å². The Kier molecular flexibility index (Phi) is 5.61. The summed E-state index contributed by atoms with van der Waals surface area (Å²) in [7, 11) is -3.36. The first-order valence-corrected chi connectivity index (χ1v) is 10.8. The largest absolute Gasteiger partial charge is 0.361 e. The van der Waals surface area contributed by atoms with Gasteiger partial charge in [-0.2, -0.15) is 4.98 Å². The SMILES string of the molecule is CC[C@H](C)n1c(=O)c(NCc2ccc(S(C)(=O)=O)nc2)nc2cnc(Cl)nc21. The predicted octanol–water partition coefficient (Wildman–Crippen LogP) is 2.22. The molecule has 0 unspecified atom stereocenters. The van der Waals surface area contributed by atoms with Gasteiger partial charge in [0, 0.05) is 25.0 Å². The molecule has 0 spiro atoms. The Bertz CT molecular complexity index is 1180. The lowest BCUT2D eigenvalue weighted by atomic mass is 10.2. The van der Waals surface area contributed by atoms with Crippen molar-refractivity contribution in [2.24, 2.45) is 0 Å². The van der Waals surface area contributed by atoms with Crippen LogP contribution in [0.4, 0.5) is 5.82 Å². The van der Waals surface area contributed by atoms with Crippen molar-refractivity contribution < 1.29 is 8.42 Å². The van der Waals surface area contributed by atoms with Crippen LogP contribution >= 0.6 is 11.6 Å². The smallest absolute Gasteiger partial charge is 0.295 e. The topological polar surface area (TPSA) is 120 Å². The normalized spacial score (nSPS) is 12.9. The van der Waals surface area contributed by atoms with Crippen LogP contribution in [0.15, 0.2) is 34.3 Å². The molecule has 0 fully saturated rings. The lowest BCUT2D eigenvalue weighted by Crippen LogP contribution is -2.28. The van der Waals surface area contributed by atoms with Crippen LogP contribution in [0.5, 0.6) is 0 Å². The highest BCUT2D eigenvalue weighted by Crippen LogP contribution is 2.18. The van der Waals surface area contributed by atoms with Crippen molar-refractivity contribution in [2.45, 2.75) is 37.9 Å². The van der Waals surface area contributed by atoms with Crippen LogP contribution in [0, 0.1) is 0 Å². The minimum absolute atomic E-state index is 0.00626. The Hall–Kier alpha value is -2.59. The van der Waals surface area contributed by atoms with Gasteiger partial charge in [0.15, 0.2) is 26.3 Å². The molecule has 0 aromatic carbocycles. The lowest BCUT2D eigenvalue weighted by Gasteiger charge is -2.17. The highest BCUT2D eigenvalue weighted by molar-refractivity contribution is 7.90. The number of nitrogens with zero attached hydrogens (tertiary/aromatic N) is 5. The number of anilines is 1. The van der Waals surface area contributed by atoms with E-state index in [0.717, 1.165) is 12.7 Å². The Labute approximate surface area is 166 Å². The summed E-state index contributed by atoms with van der Waals surface area (Å²) < 4.78 is 24.5. The molecule has 1 N–H and O–H groups in total. The average Bonchev–Trinajstić information content (AvgIpc) is 2.65. The molecular weight excluding hydrogens is 404 g/mol. The van der Waals surface area contributed by atoms with Gasteiger partial charge in [-0.15, -0.1) is 0 Å². The molecule has 9 nitrogen and oxygen atoms in total. The van der Waals surface area contributed by atoms with Crippen molar-refractivity contribution in [3.05, 3.63) is 45.7 Å². The first kappa shape index (κ1) is 20.2. The van der Waals surface area contributed by atoms with Crippen molar-refractivity contribution in [1.82, 2.24) is 24.5 Å². The van der Waals surface area contributed by atoms with E-state index in [1.165, 1.54) is 18.5 Å². The molecule has 11 heteroatoms. The summed E-state index contributed by atoms with van der Waals surface area (Å²) in [6, 6.07) is 2.95. The molecular formula is C17H19ClN6O3S. The molecule has 0 saturated carbocycles. The maximum Gasteiger partial charge on any atom is 0.295 e. The molecule has 0 saturated heterocycles. The van der Waals surface area contributed by atoms with E-state index in [9.17, 15) is 13.2 Å². The highest BCUT2D eigenvalue weighted by atomic mass is 35.5. The highest BCUT2D eigenvalue weighted by Gasteiger charge is 2.17. The molecule has 3 heterocycles. The van der Waals surface area contributed by atoms with Crippen LogP contribution in [0.3, 0.4) is 0 Å². The van der Waals surface area contributed by atoms with E-state index in [4.69, 9.17) is 11.6 Å². The quantitative estimate of drug-likeness (QED) is 0.600. The van der Waals surface area contributed by atoms with Gasteiger partial charge in [-0.1, -0.05) is 13.0 Å². The number of hydrogen-bond acceptors (Lipinski definition) is 8. The van der Waals surface area contributed by atoms with Crippen molar-refractivity contribution in [1.29, 1.82) is 0 Å². The summed E-state index contributed by atoms with van der Waals surface area (Å²) in [5, 5.41) is 3.03. The van der Waals surface area contributed by atoms with Crippen LogP contribution in [0.25, 0.3) is 11.2 Å². The molecule has 28 heavy (non-hydrogen) atoms. The maximum atomic E-state index is 12.9. The monoisotopic (exact) mass is 422 g/mol. The van der Waals surface area contributed by atoms with Crippen LogP contribution < -0.4 is 10.9 Å². The van der Waals surface area contributed by atoms with Crippen molar-refractivity contribution in [3.8, 4) is 0 Å². The van der Waals surface area contributed by atoms with E-state index >= 15 is 0 Å². The second-order valence-corrected chi connectivity index (χ2v) is 8.67. The van der Waals surface area contributed by atoms with E-state index < -0.39 is 9.84 Å². The van der Waals surface area contributed by atoms with E-state index in [1.807, 2.05) is 13.8 Å². The van der Waals surface area contributed by atoms with Crippen LogP contribution in [0.1, 0.15) is 31.9 Å². The molecule has 0 aliphatic heterocycles. The summed E-state index contributed by atoms with van der Waals surface area (Å²) in [6.07, 6.45) is 4.73. The number of hydrogen-bond donors (Lipinski definition) is 1. The second-order valence-electron chi connectivity index (χ2n) is 6.37. The summed E-state index contributed by atoms with van der Waals surface area (Å²) in [5.41, 5.74) is 1.20. The zero-order valence-corrected chi connectivity index (χ0v) is 17.1.